The quantitative estimate of drug-likeness (QED) is 0.553. The lowest BCUT2D eigenvalue weighted by molar-refractivity contribution is -0.127. The Bertz CT molecular complexity index is 579. The van der Waals surface area contributed by atoms with Crippen LogP contribution in [0.3, 0.4) is 0 Å². The van der Waals surface area contributed by atoms with E-state index in [-0.39, 0.29) is 15.7 Å². The Hall–Kier alpha value is -2.16. The van der Waals surface area contributed by atoms with E-state index in [0.717, 1.165) is 12.1 Å². The minimum Gasteiger partial charge on any atom is -0.449 e. The normalized spacial score (nSPS) is 11.6. The maximum atomic E-state index is 13.1. The number of nitrogens with one attached hydrogen (secondary N) is 1. The maximum Gasteiger partial charge on any atom is 0.340 e. The van der Waals surface area contributed by atoms with E-state index in [2.05, 4.69) is 15.9 Å². The topological polar surface area (TPSA) is 125 Å². The molecule has 1 rings (SSSR count). The third kappa shape index (κ3) is 3.92. The lowest BCUT2D eigenvalue weighted by Gasteiger charge is -2.13. The van der Waals surface area contributed by atoms with Gasteiger partial charge in [-0.15, -0.1) is 0 Å². The van der Waals surface area contributed by atoms with Gasteiger partial charge in [0.25, 0.3) is 5.91 Å². The van der Waals surface area contributed by atoms with Crippen molar-refractivity contribution in [3.63, 3.8) is 0 Å². The summed E-state index contributed by atoms with van der Waals surface area (Å²) in [5.41, 5.74) is 9.80. The molecule has 1 aromatic rings. The van der Waals surface area contributed by atoms with Crippen LogP contribution in [0.5, 0.6) is 0 Å². The Morgan fingerprint density at radius 1 is 1.40 bits per heavy atom. The Labute approximate surface area is 121 Å². The molecule has 108 valence electrons. The molecule has 20 heavy (non-hydrogen) atoms. The standard InChI is InChI=1S/C11H11BrFN3O4/c1-4(9(17)16-11(15)19)20-10(18)5-2-8(14)7(13)3-6(5)12/h2-4H,14H2,1H3,(H3,15,16,17,19). The van der Waals surface area contributed by atoms with Gasteiger partial charge in [-0.2, -0.15) is 0 Å². The summed E-state index contributed by atoms with van der Waals surface area (Å²) in [5, 5.41) is 1.76. The van der Waals surface area contributed by atoms with E-state index >= 15 is 0 Å². The molecule has 0 saturated carbocycles. The number of primary amides is 1. The molecule has 0 bridgehead atoms. The number of hydrogen-bond acceptors (Lipinski definition) is 5. The third-order valence-corrected chi connectivity index (χ3v) is 2.86. The average molecular weight is 348 g/mol. The van der Waals surface area contributed by atoms with Crippen LogP contribution in [0.1, 0.15) is 17.3 Å². The molecule has 1 atom stereocenters. The summed E-state index contributed by atoms with van der Waals surface area (Å²) in [5.74, 6) is -2.49. The summed E-state index contributed by atoms with van der Waals surface area (Å²) >= 11 is 2.98. The van der Waals surface area contributed by atoms with Crippen LogP contribution in [-0.4, -0.2) is 24.0 Å². The zero-order chi connectivity index (χ0) is 15.4. The van der Waals surface area contributed by atoms with E-state index in [9.17, 15) is 18.8 Å². The van der Waals surface area contributed by atoms with Crippen LogP contribution >= 0.6 is 15.9 Å². The first-order valence-electron chi connectivity index (χ1n) is 5.28. The van der Waals surface area contributed by atoms with E-state index in [0.29, 0.717) is 0 Å². The molecule has 0 saturated heterocycles. The highest BCUT2D eigenvalue weighted by atomic mass is 79.9. The fourth-order valence-electron chi connectivity index (χ4n) is 1.22. The second kappa shape index (κ2) is 6.33. The van der Waals surface area contributed by atoms with Gasteiger partial charge in [0.1, 0.15) is 5.82 Å². The van der Waals surface area contributed by atoms with Gasteiger partial charge in [0.2, 0.25) is 0 Å². The summed E-state index contributed by atoms with van der Waals surface area (Å²) in [6, 6.07) is 1.01. The van der Waals surface area contributed by atoms with Gasteiger partial charge in [0.05, 0.1) is 11.3 Å². The van der Waals surface area contributed by atoms with Crippen molar-refractivity contribution in [2.45, 2.75) is 13.0 Å². The number of nitrogen functional groups attached to an aromatic ring is 1. The van der Waals surface area contributed by atoms with E-state index in [4.69, 9.17) is 16.2 Å². The Balaban J connectivity index is 2.84. The zero-order valence-corrected chi connectivity index (χ0v) is 11.9. The van der Waals surface area contributed by atoms with Crippen LogP contribution in [0.25, 0.3) is 0 Å². The fraction of sp³-hybridized carbons (Fsp3) is 0.182. The molecule has 7 nitrogen and oxygen atoms in total. The van der Waals surface area contributed by atoms with Gasteiger partial charge in [-0.05, 0) is 35.0 Å². The largest absolute Gasteiger partial charge is 0.449 e. The number of nitrogens with two attached hydrogens (primary N) is 2. The first-order chi connectivity index (χ1) is 9.22. The summed E-state index contributed by atoms with van der Waals surface area (Å²) in [4.78, 5) is 33.6. The Kier molecular flexibility index (Phi) is 5.03. The number of ether oxygens (including phenoxy) is 1. The highest BCUT2D eigenvalue weighted by molar-refractivity contribution is 9.10. The fourth-order valence-corrected chi connectivity index (χ4v) is 1.70. The monoisotopic (exact) mass is 347 g/mol. The lowest BCUT2D eigenvalue weighted by Crippen LogP contribution is -2.42. The summed E-state index contributed by atoms with van der Waals surface area (Å²) in [6.45, 7) is 1.25. The smallest absolute Gasteiger partial charge is 0.340 e. The lowest BCUT2D eigenvalue weighted by atomic mass is 10.2. The van der Waals surface area contributed by atoms with Crippen LogP contribution in [-0.2, 0) is 9.53 Å². The van der Waals surface area contributed by atoms with Gasteiger partial charge in [-0.1, -0.05) is 0 Å². The Morgan fingerprint density at radius 3 is 2.55 bits per heavy atom. The number of esters is 1. The predicted octanol–water partition coefficient (Wildman–Crippen LogP) is 0.911. The van der Waals surface area contributed by atoms with Crippen LogP contribution in [0, 0.1) is 5.82 Å². The van der Waals surface area contributed by atoms with Gasteiger partial charge in [0.15, 0.2) is 6.10 Å². The first-order valence-corrected chi connectivity index (χ1v) is 6.07. The van der Waals surface area contributed by atoms with Crippen molar-refractivity contribution in [3.05, 3.63) is 28.0 Å². The highest BCUT2D eigenvalue weighted by Crippen LogP contribution is 2.23. The molecule has 0 radical (unpaired) electrons. The molecule has 3 amide bonds. The van der Waals surface area contributed by atoms with Crippen molar-refractivity contribution in [1.82, 2.24) is 5.32 Å². The average Bonchev–Trinajstić information content (AvgIpc) is 2.32. The molecule has 1 aromatic carbocycles. The van der Waals surface area contributed by atoms with Crippen LogP contribution in [0.2, 0.25) is 0 Å². The summed E-state index contributed by atoms with van der Waals surface area (Å²) in [7, 11) is 0. The molecule has 1 unspecified atom stereocenters. The number of carbonyl (C=O) groups excluding carboxylic acids is 3. The van der Waals surface area contributed by atoms with Gasteiger partial charge in [-0.3, -0.25) is 10.1 Å². The number of halogens is 2. The molecular formula is C11H11BrFN3O4. The summed E-state index contributed by atoms with van der Waals surface area (Å²) < 4.78 is 18.1. The van der Waals surface area contributed by atoms with Crippen molar-refractivity contribution < 1.29 is 23.5 Å². The number of benzene rings is 1. The first kappa shape index (κ1) is 15.9. The number of carbonyl (C=O) groups is 3. The Morgan fingerprint density at radius 2 is 2.00 bits per heavy atom. The van der Waals surface area contributed by atoms with Gasteiger partial charge >= 0.3 is 12.0 Å². The molecule has 0 aliphatic carbocycles. The second-order valence-electron chi connectivity index (χ2n) is 3.75. The molecule has 0 fully saturated rings. The molecule has 0 aliphatic heterocycles. The SMILES string of the molecule is CC(OC(=O)c1cc(N)c(F)cc1Br)C(=O)NC(N)=O. The van der Waals surface area contributed by atoms with Crippen LogP contribution in [0.4, 0.5) is 14.9 Å². The number of amides is 3. The molecule has 0 heterocycles. The van der Waals surface area contributed by atoms with Crippen molar-refractivity contribution in [2.24, 2.45) is 5.73 Å². The van der Waals surface area contributed by atoms with E-state index in [1.54, 1.807) is 5.32 Å². The van der Waals surface area contributed by atoms with Crippen molar-refractivity contribution in [3.8, 4) is 0 Å². The highest BCUT2D eigenvalue weighted by Gasteiger charge is 2.22. The van der Waals surface area contributed by atoms with E-state index in [1.807, 2.05) is 0 Å². The molecule has 0 aromatic heterocycles. The van der Waals surface area contributed by atoms with E-state index in [1.165, 1.54) is 6.92 Å². The number of urea groups is 1. The van der Waals surface area contributed by atoms with Gasteiger partial charge < -0.3 is 16.2 Å². The number of rotatable bonds is 3. The predicted molar refractivity (Wildman–Crippen MR) is 71.1 cm³/mol. The molecule has 5 N–H and O–H groups in total. The number of hydrogen-bond donors (Lipinski definition) is 3. The second-order valence-corrected chi connectivity index (χ2v) is 4.61. The molecular weight excluding hydrogens is 337 g/mol. The minimum absolute atomic E-state index is 0.0531. The summed E-state index contributed by atoms with van der Waals surface area (Å²) in [6.07, 6.45) is -1.26. The van der Waals surface area contributed by atoms with Crippen LogP contribution in [0.15, 0.2) is 16.6 Å². The molecule has 0 aliphatic rings. The third-order valence-electron chi connectivity index (χ3n) is 2.21. The van der Waals surface area contributed by atoms with Crippen molar-refractivity contribution in [1.29, 1.82) is 0 Å². The maximum absolute atomic E-state index is 13.1. The number of imide groups is 1. The molecule has 0 spiro atoms. The minimum atomic E-state index is -1.26. The van der Waals surface area contributed by atoms with Crippen LogP contribution < -0.4 is 16.8 Å². The van der Waals surface area contributed by atoms with Gasteiger partial charge in [0, 0.05) is 4.47 Å². The van der Waals surface area contributed by atoms with Gasteiger partial charge in [-0.25, -0.2) is 14.0 Å². The van der Waals surface area contributed by atoms with E-state index < -0.39 is 29.8 Å². The molecule has 9 heteroatoms. The van der Waals surface area contributed by atoms with Crippen molar-refractivity contribution >= 4 is 39.5 Å². The van der Waals surface area contributed by atoms with Crippen molar-refractivity contribution in [2.75, 3.05) is 5.73 Å². The number of anilines is 1. The zero-order valence-electron chi connectivity index (χ0n) is 10.3.